The lowest BCUT2D eigenvalue weighted by Gasteiger charge is -2.36. The largest absolute Gasteiger partial charge is 0.342 e. The van der Waals surface area contributed by atoms with Gasteiger partial charge in [-0.15, -0.1) is 0 Å². The first-order valence-electron chi connectivity index (χ1n) is 6.83. The van der Waals surface area contributed by atoms with Crippen molar-refractivity contribution in [1.82, 2.24) is 15.0 Å². The monoisotopic (exact) mass is 249 g/mol. The van der Waals surface area contributed by atoms with Gasteiger partial charge in [0, 0.05) is 19.0 Å². The predicted molar refractivity (Wildman–Crippen MR) is 64.9 cm³/mol. The van der Waals surface area contributed by atoms with Gasteiger partial charge < -0.3 is 9.42 Å². The first-order valence-corrected chi connectivity index (χ1v) is 6.83. The molecule has 0 spiro atoms. The second kappa shape index (κ2) is 4.71. The Hall–Kier alpha value is -1.39. The topological polar surface area (TPSA) is 59.2 Å². The van der Waals surface area contributed by atoms with Crippen molar-refractivity contribution in [3.63, 3.8) is 0 Å². The Bertz CT molecular complexity index is 439. The lowest BCUT2D eigenvalue weighted by Crippen LogP contribution is -2.44. The van der Waals surface area contributed by atoms with Gasteiger partial charge in [0.05, 0.1) is 5.92 Å². The lowest BCUT2D eigenvalue weighted by atomic mass is 9.83. The zero-order valence-electron chi connectivity index (χ0n) is 10.8. The fourth-order valence-electron chi connectivity index (χ4n) is 2.77. The van der Waals surface area contributed by atoms with Crippen LogP contribution < -0.4 is 0 Å². The fraction of sp³-hybridized carbons (Fsp3) is 0.769. The number of piperidine rings is 1. The Kier molecular flexibility index (Phi) is 3.06. The third-order valence-corrected chi connectivity index (χ3v) is 4.08. The highest BCUT2D eigenvalue weighted by molar-refractivity contribution is 5.79. The van der Waals surface area contributed by atoms with Gasteiger partial charge in [-0.3, -0.25) is 4.79 Å². The summed E-state index contributed by atoms with van der Waals surface area (Å²) in [6, 6.07) is 0. The first-order chi connectivity index (χ1) is 8.74. The Morgan fingerprint density at radius 2 is 2.17 bits per heavy atom. The summed E-state index contributed by atoms with van der Waals surface area (Å²) >= 11 is 0. The van der Waals surface area contributed by atoms with Crippen molar-refractivity contribution < 1.29 is 9.32 Å². The van der Waals surface area contributed by atoms with E-state index in [0.717, 1.165) is 38.8 Å². The molecule has 1 unspecified atom stereocenters. The SMILES string of the molecule is Cc1noc(C2CCCN(C(=O)C3CCC3)C2)n1. The van der Waals surface area contributed by atoms with Crippen LogP contribution >= 0.6 is 0 Å². The van der Waals surface area contributed by atoms with Crippen molar-refractivity contribution in [2.45, 2.75) is 44.9 Å². The Morgan fingerprint density at radius 1 is 1.33 bits per heavy atom. The molecular weight excluding hydrogens is 230 g/mol. The number of rotatable bonds is 2. The van der Waals surface area contributed by atoms with Crippen LogP contribution in [-0.4, -0.2) is 34.0 Å². The molecule has 2 fully saturated rings. The number of hydrogen-bond donors (Lipinski definition) is 0. The molecule has 1 saturated heterocycles. The molecule has 2 heterocycles. The average molecular weight is 249 g/mol. The maximum atomic E-state index is 12.2. The van der Waals surface area contributed by atoms with Crippen LogP contribution in [0.1, 0.15) is 49.7 Å². The third kappa shape index (κ3) is 2.13. The van der Waals surface area contributed by atoms with Crippen molar-refractivity contribution in [3.05, 3.63) is 11.7 Å². The minimum atomic E-state index is 0.226. The van der Waals surface area contributed by atoms with Crippen LogP contribution in [0.15, 0.2) is 4.52 Å². The average Bonchev–Trinajstić information content (AvgIpc) is 2.74. The minimum Gasteiger partial charge on any atom is -0.342 e. The lowest BCUT2D eigenvalue weighted by molar-refractivity contribution is -0.139. The number of amides is 1. The normalized spacial score (nSPS) is 24.9. The zero-order chi connectivity index (χ0) is 12.5. The van der Waals surface area contributed by atoms with E-state index in [4.69, 9.17) is 4.52 Å². The number of nitrogens with zero attached hydrogens (tertiary/aromatic N) is 3. The summed E-state index contributed by atoms with van der Waals surface area (Å²) in [6.07, 6.45) is 5.41. The van der Waals surface area contributed by atoms with Crippen molar-refractivity contribution in [3.8, 4) is 0 Å². The van der Waals surface area contributed by atoms with Crippen LogP contribution in [-0.2, 0) is 4.79 Å². The summed E-state index contributed by atoms with van der Waals surface area (Å²) in [5.41, 5.74) is 0. The van der Waals surface area contributed by atoms with Crippen molar-refractivity contribution in [2.24, 2.45) is 5.92 Å². The smallest absolute Gasteiger partial charge is 0.231 e. The van der Waals surface area contributed by atoms with Crippen molar-refractivity contribution in [1.29, 1.82) is 0 Å². The molecule has 5 nitrogen and oxygen atoms in total. The van der Waals surface area contributed by atoms with E-state index in [0.29, 0.717) is 17.6 Å². The molecule has 0 aromatic carbocycles. The molecule has 3 rings (SSSR count). The number of likely N-dealkylation sites (tertiary alicyclic amines) is 1. The molecular formula is C13H19N3O2. The van der Waals surface area contributed by atoms with Crippen molar-refractivity contribution in [2.75, 3.05) is 13.1 Å². The van der Waals surface area contributed by atoms with Gasteiger partial charge in [-0.1, -0.05) is 11.6 Å². The Balaban J connectivity index is 1.66. The number of carbonyl (C=O) groups excluding carboxylic acids is 1. The van der Waals surface area contributed by atoms with Crippen LogP contribution in [0, 0.1) is 12.8 Å². The summed E-state index contributed by atoms with van der Waals surface area (Å²) in [4.78, 5) is 18.5. The van der Waals surface area contributed by atoms with Crippen LogP contribution in [0.25, 0.3) is 0 Å². The predicted octanol–water partition coefficient (Wildman–Crippen LogP) is 1.88. The zero-order valence-corrected chi connectivity index (χ0v) is 10.8. The standard InChI is InChI=1S/C13H19N3O2/c1-9-14-12(18-15-9)11-6-3-7-16(8-11)13(17)10-4-2-5-10/h10-11H,2-8H2,1H3. The molecule has 1 aromatic rings. The van der Waals surface area contributed by atoms with Crippen LogP contribution in [0.4, 0.5) is 0 Å². The highest BCUT2D eigenvalue weighted by Crippen LogP contribution is 2.32. The second-order valence-corrected chi connectivity index (χ2v) is 5.43. The second-order valence-electron chi connectivity index (χ2n) is 5.43. The maximum absolute atomic E-state index is 12.2. The van der Waals surface area contributed by atoms with E-state index in [1.54, 1.807) is 0 Å². The van der Waals surface area contributed by atoms with E-state index in [2.05, 4.69) is 10.1 Å². The molecule has 1 aromatic heterocycles. The quantitative estimate of drug-likeness (QED) is 0.803. The summed E-state index contributed by atoms with van der Waals surface area (Å²) in [6.45, 7) is 3.46. The molecule has 0 bridgehead atoms. The molecule has 1 aliphatic carbocycles. The number of aromatic nitrogens is 2. The van der Waals surface area contributed by atoms with Crippen LogP contribution in [0.5, 0.6) is 0 Å². The molecule has 5 heteroatoms. The molecule has 0 radical (unpaired) electrons. The summed E-state index contributed by atoms with van der Waals surface area (Å²) in [5, 5.41) is 3.83. The summed E-state index contributed by atoms with van der Waals surface area (Å²) < 4.78 is 5.23. The molecule has 18 heavy (non-hydrogen) atoms. The van der Waals surface area contributed by atoms with Crippen LogP contribution in [0.3, 0.4) is 0 Å². The minimum absolute atomic E-state index is 0.226. The van der Waals surface area contributed by atoms with Gasteiger partial charge in [0.25, 0.3) is 0 Å². The van der Waals surface area contributed by atoms with Gasteiger partial charge >= 0.3 is 0 Å². The van der Waals surface area contributed by atoms with E-state index < -0.39 is 0 Å². The van der Waals surface area contributed by atoms with Crippen LogP contribution in [0.2, 0.25) is 0 Å². The Morgan fingerprint density at radius 3 is 2.78 bits per heavy atom. The molecule has 98 valence electrons. The molecule has 1 atom stereocenters. The highest BCUT2D eigenvalue weighted by Gasteiger charge is 2.33. The molecule has 1 amide bonds. The van der Waals surface area contributed by atoms with Gasteiger partial charge in [-0.25, -0.2) is 0 Å². The maximum Gasteiger partial charge on any atom is 0.231 e. The molecule has 2 aliphatic rings. The fourth-order valence-corrected chi connectivity index (χ4v) is 2.77. The summed E-state index contributed by atoms with van der Waals surface area (Å²) in [7, 11) is 0. The number of hydrogen-bond acceptors (Lipinski definition) is 4. The van der Waals surface area contributed by atoms with E-state index in [9.17, 15) is 4.79 Å². The third-order valence-electron chi connectivity index (χ3n) is 4.08. The van der Waals surface area contributed by atoms with E-state index in [1.165, 1.54) is 6.42 Å². The van der Waals surface area contributed by atoms with E-state index in [1.807, 2.05) is 11.8 Å². The number of carbonyl (C=O) groups is 1. The molecule has 0 N–H and O–H groups in total. The van der Waals surface area contributed by atoms with Gasteiger partial charge in [0.2, 0.25) is 11.8 Å². The van der Waals surface area contributed by atoms with Gasteiger partial charge in [-0.05, 0) is 32.6 Å². The van der Waals surface area contributed by atoms with E-state index >= 15 is 0 Å². The summed E-state index contributed by atoms with van der Waals surface area (Å²) in [5.74, 6) is 2.21. The van der Waals surface area contributed by atoms with Crippen molar-refractivity contribution >= 4 is 5.91 Å². The molecule has 1 aliphatic heterocycles. The first kappa shape index (κ1) is 11.7. The van der Waals surface area contributed by atoms with Gasteiger partial charge in [0.15, 0.2) is 5.82 Å². The van der Waals surface area contributed by atoms with E-state index in [-0.39, 0.29) is 11.8 Å². The number of aryl methyl sites for hydroxylation is 1. The van der Waals surface area contributed by atoms with Gasteiger partial charge in [-0.2, -0.15) is 4.98 Å². The molecule has 1 saturated carbocycles. The van der Waals surface area contributed by atoms with Gasteiger partial charge in [0.1, 0.15) is 0 Å². The highest BCUT2D eigenvalue weighted by atomic mass is 16.5. The Labute approximate surface area is 107 Å².